The van der Waals surface area contributed by atoms with Crippen LogP contribution in [-0.4, -0.2) is 24.4 Å². The molecule has 0 saturated carbocycles. The number of rotatable bonds is 5. The van der Waals surface area contributed by atoms with Crippen molar-refractivity contribution in [2.75, 3.05) is 13.7 Å². The van der Waals surface area contributed by atoms with Gasteiger partial charge in [-0.15, -0.1) is 0 Å². The van der Waals surface area contributed by atoms with Gasteiger partial charge < -0.3 is 14.6 Å². The van der Waals surface area contributed by atoms with Gasteiger partial charge >= 0.3 is 0 Å². The van der Waals surface area contributed by atoms with Gasteiger partial charge in [0.05, 0.1) is 18.3 Å². The highest BCUT2D eigenvalue weighted by Gasteiger charge is 2.20. The number of hydrogen-bond donors (Lipinski definition) is 1. The van der Waals surface area contributed by atoms with Crippen LogP contribution in [0.1, 0.15) is 43.9 Å². The fourth-order valence-corrected chi connectivity index (χ4v) is 2.17. The Labute approximate surface area is 109 Å². The van der Waals surface area contributed by atoms with E-state index in [-0.39, 0.29) is 5.60 Å². The summed E-state index contributed by atoms with van der Waals surface area (Å²) >= 11 is 0. The largest absolute Gasteiger partial charge is 0.493 e. The van der Waals surface area contributed by atoms with Crippen molar-refractivity contribution in [3.05, 3.63) is 29.3 Å². The van der Waals surface area contributed by atoms with Crippen molar-refractivity contribution < 1.29 is 14.6 Å². The van der Waals surface area contributed by atoms with E-state index in [0.717, 1.165) is 30.8 Å². The van der Waals surface area contributed by atoms with Crippen molar-refractivity contribution >= 4 is 0 Å². The van der Waals surface area contributed by atoms with Crippen LogP contribution in [0.5, 0.6) is 5.75 Å². The Balaban J connectivity index is 1.99. The van der Waals surface area contributed by atoms with Crippen molar-refractivity contribution in [1.82, 2.24) is 0 Å². The first kappa shape index (κ1) is 13.4. The molecular weight excluding hydrogens is 228 g/mol. The zero-order valence-electron chi connectivity index (χ0n) is 11.4. The molecule has 1 aromatic rings. The molecule has 1 atom stereocenters. The van der Waals surface area contributed by atoms with Crippen molar-refractivity contribution in [2.45, 2.75) is 44.8 Å². The van der Waals surface area contributed by atoms with Gasteiger partial charge in [-0.05, 0) is 49.9 Å². The molecule has 1 heterocycles. The first-order valence-corrected chi connectivity index (χ1v) is 6.51. The number of hydrogen-bond acceptors (Lipinski definition) is 3. The van der Waals surface area contributed by atoms with Gasteiger partial charge in [-0.2, -0.15) is 0 Å². The Bertz CT molecular complexity index is 412. The molecule has 0 aliphatic carbocycles. The third-order valence-corrected chi connectivity index (χ3v) is 3.67. The maximum Gasteiger partial charge on any atom is 0.122 e. The van der Waals surface area contributed by atoms with Crippen LogP contribution in [0, 0.1) is 0 Å². The molecule has 100 valence electrons. The molecule has 2 rings (SSSR count). The molecule has 1 aliphatic rings. The van der Waals surface area contributed by atoms with E-state index in [0.29, 0.717) is 6.42 Å². The van der Waals surface area contributed by atoms with Crippen LogP contribution in [0.25, 0.3) is 0 Å². The average molecular weight is 250 g/mol. The molecular formula is C15H22O3. The molecule has 0 spiro atoms. The molecule has 3 heteroatoms. The second kappa shape index (κ2) is 5.29. The molecule has 1 aromatic carbocycles. The highest BCUT2D eigenvalue weighted by atomic mass is 16.5. The Hall–Kier alpha value is -1.06. The first-order valence-electron chi connectivity index (χ1n) is 6.51. The third kappa shape index (κ3) is 3.03. The molecule has 0 radical (unpaired) electrons. The van der Waals surface area contributed by atoms with Gasteiger partial charge in [-0.3, -0.25) is 0 Å². The fourth-order valence-electron chi connectivity index (χ4n) is 2.17. The second-order valence-corrected chi connectivity index (χ2v) is 5.48. The van der Waals surface area contributed by atoms with Crippen LogP contribution in [0.2, 0.25) is 0 Å². The molecule has 18 heavy (non-hydrogen) atoms. The van der Waals surface area contributed by atoms with Gasteiger partial charge in [0.2, 0.25) is 0 Å². The van der Waals surface area contributed by atoms with Crippen LogP contribution < -0.4 is 4.74 Å². The smallest absolute Gasteiger partial charge is 0.122 e. The molecule has 1 N–H and O–H groups in total. The number of aliphatic hydroxyl groups is 1. The van der Waals surface area contributed by atoms with Gasteiger partial charge in [0.15, 0.2) is 0 Å². The van der Waals surface area contributed by atoms with Crippen molar-refractivity contribution in [2.24, 2.45) is 0 Å². The maximum atomic E-state index is 10.2. The lowest BCUT2D eigenvalue weighted by Gasteiger charge is -2.24. The summed E-state index contributed by atoms with van der Waals surface area (Å²) in [5.74, 6) is 0.961. The monoisotopic (exact) mass is 250 g/mol. The Morgan fingerprint density at radius 1 is 1.44 bits per heavy atom. The van der Waals surface area contributed by atoms with Crippen LogP contribution in [-0.2, 0) is 11.2 Å². The van der Waals surface area contributed by atoms with Crippen molar-refractivity contribution in [3.8, 4) is 5.75 Å². The summed E-state index contributed by atoms with van der Waals surface area (Å²) in [7, 11) is 1.71. The molecule has 1 aliphatic heterocycles. The molecule has 0 amide bonds. The average Bonchev–Trinajstić information content (AvgIpc) is 2.83. The van der Waals surface area contributed by atoms with Crippen LogP contribution in [0.4, 0.5) is 0 Å². The summed E-state index contributed by atoms with van der Waals surface area (Å²) in [4.78, 5) is 0. The molecule has 0 bridgehead atoms. The highest BCUT2D eigenvalue weighted by molar-refractivity contribution is 5.40. The number of methoxy groups -OCH3 is 1. The zero-order chi connectivity index (χ0) is 13.2. The van der Waals surface area contributed by atoms with Gasteiger partial charge in [0.25, 0.3) is 0 Å². The Kier molecular flexibility index (Phi) is 3.93. The summed E-state index contributed by atoms with van der Waals surface area (Å²) < 4.78 is 10.8. The van der Waals surface area contributed by atoms with E-state index in [4.69, 9.17) is 9.47 Å². The summed E-state index contributed by atoms with van der Waals surface area (Å²) in [5, 5.41) is 10.2. The van der Waals surface area contributed by atoms with E-state index < -0.39 is 6.10 Å². The maximum absolute atomic E-state index is 10.2. The molecule has 1 unspecified atom stereocenters. The number of aliphatic hydroxyl groups excluding tert-OH is 1. The second-order valence-electron chi connectivity index (χ2n) is 5.48. The van der Waals surface area contributed by atoms with Gasteiger partial charge in [-0.25, -0.2) is 0 Å². The SMILES string of the molecule is COC(C)(C)CCC(O)c1ccc2c(c1)CCO2. The molecule has 0 saturated heterocycles. The Morgan fingerprint density at radius 3 is 2.94 bits per heavy atom. The van der Waals surface area contributed by atoms with E-state index >= 15 is 0 Å². The molecule has 0 aromatic heterocycles. The standard InChI is InChI=1S/C15H22O3/c1-15(2,17-3)8-6-13(16)11-4-5-14-12(10-11)7-9-18-14/h4-5,10,13,16H,6-9H2,1-3H3. The first-order chi connectivity index (χ1) is 8.52. The van der Waals surface area contributed by atoms with E-state index in [1.165, 1.54) is 5.56 Å². The summed E-state index contributed by atoms with van der Waals surface area (Å²) in [5.41, 5.74) is 2.00. The highest BCUT2D eigenvalue weighted by Crippen LogP contribution is 2.30. The summed E-state index contributed by atoms with van der Waals surface area (Å²) in [6, 6.07) is 5.98. The number of benzene rings is 1. The van der Waals surface area contributed by atoms with Crippen molar-refractivity contribution in [3.63, 3.8) is 0 Å². The predicted molar refractivity (Wildman–Crippen MR) is 70.9 cm³/mol. The van der Waals surface area contributed by atoms with Crippen LogP contribution >= 0.6 is 0 Å². The van der Waals surface area contributed by atoms with Crippen molar-refractivity contribution in [1.29, 1.82) is 0 Å². The van der Waals surface area contributed by atoms with E-state index in [1.54, 1.807) is 7.11 Å². The normalized spacial score (nSPS) is 16.2. The van der Waals surface area contributed by atoms with Crippen LogP contribution in [0.3, 0.4) is 0 Å². The van der Waals surface area contributed by atoms with E-state index in [9.17, 15) is 5.11 Å². The summed E-state index contributed by atoms with van der Waals surface area (Å²) in [6.45, 7) is 4.83. The summed E-state index contributed by atoms with van der Waals surface area (Å²) in [6.07, 6.45) is 2.06. The predicted octanol–water partition coefficient (Wildman–Crippen LogP) is 2.86. The number of fused-ring (bicyclic) bond motifs is 1. The minimum absolute atomic E-state index is 0.180. The molecule has 0 fully saturated rings. The lowest BCUT2D eigenvalue weighted by Crippen LogP contribution is -2.23. The van der Waals surface area contributed by atoms with Gasteiger partial charge in [-0.1, -0.05) is 6.07 Å². The zero-order valence-corrected chi connectivity index (χ0v) is 11.4. The third-order valence-electron chi connectivity index (χ3n) is 3.67. The minimum atomic E-state index is -0.426. The van der Waals surface area contributed by atoms with Crippen LogP contribution in [0.15, 0.2) is 18.2 Å². The Morgan fingerprint density at radius 2 is 2.22 bits per heavy atom. The lowest BCUT2D eigenvalue weighted by molar-refractivity contribution is 0.00278. The quantitative estimate of drug-likeness (QED) is 0.873. The van der Waals surface area contributed by atoms with E-state index in [2.05, 4.69) is 6.07 Å². The minimum Gasteiger partial charge on any atom is -0.493 e. The molecule has 3 nitrogen and oxygen atoms in total. The van der Waals surface area contributed by atoms with E-state index in [1.807, 2.05) is 26.0 Å². The lowest BCUT2D eigenvalue weighted by atomic mass is 9.95. The fraction of sp³-hybridized carbons (Fsp3) is 0.600. The topological polar surface area (TPSA) is 38.7 Å². The number of ether oxygens (including phenoxy) is 2. The van der Waals surface area contributed by atoms with Gasteiger partial charge in [0, 0.05) is 13.5 Å². The van der Waals surface area contributed by atoms with Gasteiger partial charge in [0.1, 0.15) is 5.75 Å².